The molecule has 6 heteroatoms. The molecule has 0 fully saturated rings. The number of carbonyl (C=O) groups is 2. The lowest BCUT2D eigenvalue weighted by Crippen LogP contribution is -2.24. The van der Waals surface area contributed by atoms with Crippen molar-refractivity contribution in [1.29, 1.82) is 0 Å². The number of hydrogen-bond donors (Lipinski definition) is 3. The molecule has 0 saturated carbocycles. The normalized spacial score (nSPS) is 13.8. The van der Waals surface area contributed by atoms with Crippen LogP contribution in [-0.4, -0.2) is 37.4 Å². The lowest BCUT2D eigenvalue weighted by atomic mass is 9.98. The highest BCUT2D eigenvalue weighted by molar-refractivity contribution is 6.37. The molecule has 0 bridgehead atoms. The van der Waals surface area contributed by atoms with Gasteiger partial charge in [0.05, 0.1) is 11.3 Å². The lowest BCUT2D eigenvalue weighted by molar-refractivity contribution is -0.110. The predicted molar refractivity (Wildman–Crippen MR) is 148 cm³/mol. The van der Waals surface area contributed by atoms with E-state index in [1.807, 2.05) is 62.6 Å². The van der Waals surface area contributed by atoms with Crippen molar-refractivity contribution in [3.05, 3.63) is 95.1 Å². The van der Waals surface area contributed by atoms with E-state index in [-0.39, 0.29) is 11.8 Å². The van der Waals surface area contributed by atoms with Gasteiger partial charge in [0.25, 0.3) is 11.8 Å². The number of fused-ring (bicyclic) bond motifs is 1. The Bertz CT molecular complexity index is 1250. The minimum absolute atomic E-state index is 0.127. The molecule has 1 aliphatic rings. The topological polar surface area (TPSA) is 73.5 Å². The fourth-order valence-electron chi connectivity index (χ4n) is 4.32. The summed E-state index contributed by atoms with van der Waals surface area (Å²) in [5.41, 5.74) is 6.17. The Labute approximate surface area is 213 Å². The second-order valence-electron chi connectivity index (χ2n) is 9.35. The van der Waals surface area contributed by atoms with Gasteiger partial charge in [0.1, 0.15) is 0 Å². The molecule has 1 aliphatic heterocycles. The molecule has 0 aromatic heterocycles. The number of carbonyl (C=O) groups excluding carboxylic acids is 2. The molecule has 0 atom stereocenters. The molecule has 0 aliphatic carbocycles. The molecule has 0 unspecified atom stereocenters. The van der Waals surface area contributed by atoms with Gasteiger partial charge in [-0.15, -0.1) is 0 Å². The Morgan fingerprint density at radius 3 is 2.36 bits per heavy atom. The Balaban J connectivity index is 1.70. The van der Waals surface area contributed by atoms with Crippen LogP contribution in [0.15, 0.2) is 72.8 Å². The summed E-state index contributed by atoms with van der Waals surface area (Å²) < 4.78 is 0. The first kappa shape index (κ1) is 25.2. The van der Waals surface area contributed by atoms with Gasteiger partial charge in [-0.2, -0.15) is 0 Å². The van der Waals surface area contributed by atoms with Gasteiger partial charge in [0, 0.05) is 35.6 Å². The summed E-state index contributed by atoms with van der Waals surface area (Å²) in [6.07, 6.45) is 3.14. The lowest BCUT2D eigenvalue weighted by Gasteiger charge is -2.16. The molecule has 186 valence electrons. The van der Waals surface area contributed by atoms with Crippen molar-refractivity contribution in [2.45, 2.75) is 32.7 Å². The van der Waals surface area contributed by atoms with E-state index in [2.05, 4.69) is 39.9 Å². The summed E-state index contributed by atoms with van der Waals surface area (Å²) >= 11 is 0. The fraction of sp³-hybridized carbons (Fsp3) is 0.267. The third-order valence-electron chi connectivity index (χ3n) is 6.13. The van der Waals surface area contributed by atoms with Crippen molar-refractivity contribution in [2.24, 2.45) is 0 Å². The van der Waals surface area contributed by atoms with Gasteiger partial charge < -0.3 is 20.9 Å². The van der Waals surface area contributed by atoms with Crippen molar-refractivity contribution in [2.75, 3.05) is 31.3 Å². The van der Waals surface area contributed by atoms with Crippen LogP contribution in [0.25, 0.3) is 11.3 Å². The molecule has 3 N–H and O–H groups in total. The maximum absolute atomic E-state index is 13.2. The minimum atomic E-state index is -0.193. The maximum atomic E-state index is 13.2. The van der Waals surface area contributed by atoms with Crippen LogP contribution in [0.3, 0.4) is 0 Å². The summed E-state index contributed by atoms with van der Waals surface area (Å²) in [5, 5.41) is 9.45. The van der Waals surface area contributed by atoms with E-state index in [1.165, 1.54) is 5.56 Å². The molecule has 3 aromatic rings. The molecular formula is C30H34N4O2. The SMILES string of the molecule is CCCCCNC(=O)c1ccc2c(c1)/C(=C(/Nc1ccc(CN(C)C)cc1)c1ccccc1)C(=O)N2. The molecule has 4 rings (SSSR count). The largest absolute Gasteiger partial charge is 0.354 e. The van der Waals surface area contributed by atoms with Crippen LogP contribution < -0.4 is 16.0 Å². The Kier molecular flexibility index (Phi) is 8.18. The van der Waals surface area contributed by atoms with Gasteiger partial charge in [0.2, 0.25) is 0 Å². The number of hydrogen-bond acceptors (Lipinski definition) is 4. The number of benzene rings is 3. The van der Waals surface area contributed by atoms with Crippen LogP contribution in [-0.2, 0) is 11.3 Å². The average molecular weight is 483 g/mol. The summed E-state index contributed by atoms with van der Waals surface area (Å²) in [7, 11) is 4.08. The van der Waals surface area contributed by atoms with Crippen LogP contribution in [0.1, 0.15) is 53.2 Å². The van der Waals surface area contributed by atoms with E-state index in [0.717, 1.165) is 42.6 Å². The van der Waals surface area contributed by atoms with Crippen LogP contribution in [0.2, 0.25) is 0 Å². The molecule has 0 radical (unpaired) electrons. The first-order valence-electron chi connectivity index (χ1n) is 12.5. The summed E-state index contributed by atoms with van der Waals surface area (Å²) in [6, 6.07) is 23.4. The van der Waals surface area contributed by atoms with Crippen LogP contribution in [0, 0.1) is 0 Å². The highest BCUT2D eigenvalue weighted by Gasteiger charge is 2.29. The van der Waals surface area contributed by atoms with Crippen molar-refractivity contribution >= 4 is 34.5 Å². The number of nitrogens with zero attached hydrogens (tertiary/aromatic N) is 1. The second kappa shape index (κ2) is 11.7. The zero-order valence-corrected chi connectivity index (χ0v) is 21.2. The van der Waals surface area contributed by atoms with Gasteiger partial charge in [0.15, 0.2) is 0 Å². The van der Waals surface area contributed by atoms with Crippen molar-refractivity contribution in [3.8, 4) is 0 Å². The third kappa shape index (κ3) is 6.01. The predicted octanol–water partition coefficient (Wildman–Crippen LogP) is 5.60. The second-order valence-corrected chi connectivity index (χ2v) is 9.35. The van der Waals surface area contributed by atoms with Crippen molar-refractivity contribution in [1.82, 2.24) is 10.2 Å². The molecule has 6 nitrogen and oxygen atoms in total. The van der Waals surface area contributed by atoms with Gasteiger partial charge in [-0.25, -0.2) is 0 Å². The molecular weight excluding hydrogens is 448 g/mol. The summed E-state index contributed by atoms with van der Waals surface area (Å²) in [4.78, 5) is 28.1. The number of rotatable bonds is 10. The first-order valence-corrected chi connectivity index (χ1v) is 12.5. The highest BCUT2D eigenvalue weighted by atomic mass is 16.2. The number of nitrogens with one attached hydrogen (secondary N) is 3. The minimum Gasteiger partial charge on any atom is -0.354 e. The Morgan fingerprint density at radius 1 is 0.917 bits per heavy atom. The quantitative estimate of drug-likeness (QED) is 0.260. The van der Waals surface area contributed by atoms with E-state index >= 15 is 0 Å². The zero-order chi connectivity index (χ0) is 25.5. The fourth-order valence-corrected chi connectivity index (χ4v) is 4.32. The third-order valence-corrected chi connectivity index (χ3v) is 6.13. The van der Waals surface area contributed by atoms with Gasteiger partial charge in [-0.1, -0.05) is 62.2 Å². The van der Waals surface area contributed by atoms with E-state index in [9.17, 15) is 9.59 Å². The van der Waals surface area contributed by atoms with Crippen molar-refractivity contribution < 1.29 is 9.59 Å². The van der Waals surface area contributed by atoms with Crippen molar-refractivity contribution in [3.63, 3.8) is 0 Å². The molecule has 3 aromatic carbocycles. The number of anilines is 2. The van der Waals surface area contributed by atoms with Gasteiger partial charge in [-0.05, 0) is 62.0 Å². The maximum Gasteiger partial charge on any atom is 0.258 e. The highest BCUT2D eigenvalue weighted by Crippen LogP contribution is 2.38. The molecule has 0 spiro atoms. The Morgan fingerprint density at radius 2 is 1.67 bits per heavy atom. The van der Waals surface area contributed by atoms with Gasteiger partial charge >= 0.3 is 0 Å². The zero-order valence-electron chi connectivity index (χ0n) is 21.2. The molecule has 36 heavy (non-hydrogen) atoms. The number of amides is 2. The van der Waals surface area contributed by atoms with E-state index in [4.69, 9.17) is 0 Å². The monoisotopic (exact) mass is 482 g/mol. The van der Waals surface area contributed by atoms with E-state index in [0.29, 0.717) is 29.1 Å². The van der Waals surface area contributed by atoms with Crippen LogP contribution in [0.5, 0.6) is 0 Å². The molecule has 2 amide bonds. The molecule has 0 saturated heterocycles. The van der Waals surface area contributed by atoms with E-state index < -0.39 is 0 Å². The Hall–Kier alpha value is -3.90. The van der Waals surface area contributed by atoms with Gasteiger partial charge in [-0.3, -0.25) is 9.59 Å². The van der Waals surface area contributed by atoms with Crippen LogP contribution >= 0.6 is 0 Å². The smallest absolute Gasteiger partial charge is 0.258 e. The summed E-state index contributed by atoms with van der Waals surface area (Å²) in [5.74, 6) is -0.320. The molecule has 1 heterocycles. The number of unbranched alkanes of at least 4 members (excludes halogenated alkanes) is 2. The van der Waals surface area contributed by atoms with Crippen LogP contribution in [0.4, 0.5) is 11.4 Å². The van der Waals surface area contributed by atoms with E-state index in [1.54, 1.807) is 12.1 Å². The standard InChI is InChI=1S/C30H34N4O2/c1-4-5-9-18-31-29(35)23-14-17-26-25(19-23)27(30(36)33-26)28(22-10-7-6-8-11-22)32-24-15-12-21(13-16-24)20-34(2)3/h6-8,10-17,19,32H,4-5,9,18,20H2,1-3H3,(H,31,35)(H,33,36)/b28-27-. The first-order chi connectivity index (χ1) is 17.5. The summed E-state index contributed by atoms with van der Waals surface area (Å²) in [6.45, 7) is 3.63. The average Bonchev–Trinajstić information content (AvgIpc) is 3.21.